The zero-order valence-electron chi connectivity index (χ0n) is 16.0. The van der Waals surface area contributed by atoms with Crippen molar-refractivity contribution in [2.75, 3.05) is 18.4 Å². The molecule has 0 fully saturated rings. The number of aromatic nitrogens is 1. The molecule has 0 radical (unpaired) electrons. The number of hydrogen-bond acceptors (Lipinski definition) is 3. The second kappa shape index (κ2) is 8.39. The van der Waals surface area contributed by atoms with E-state index in [-0.39, 0.29) is 17.6 Å². The molecule has 0 unspecified atom stereocenters. The maximum absolute atomic E-state index is 14.1. The number of anilines is 1. The van der Waals surface area contributed by atoms with E-state index in [1.165, 1.54) is 6.07 Å². The highest BCUT2D eigenvalue weighted by Gasteiger charge is 2.18. The monoisotopic (exact) mass is 391 g/mol. The van der Waals surface area contributed by atoms with Gasteiger partial charge in [0.15, 0.2) is 0 Å². The van der Waals surface area contributed by atoms with Crippen molar-refractivity contribution in [3.63, 3.8) is 0 Å². The summed E-state index contributed by atoms with van der Waals surface area (Å²) in [5, 5.41) is 2.75. The number of rotatable bonds is 3. The number of nitrogens with zero attached hydrogens (tertiary/aromatic N) is 2. The molecule has 5 nitrogen and oxygen atoms in total. The third-order valence-electron chi connectivity index (χ3n) is 5.26. The van der Waals surface area contributed by atoms with Crippen LogP contribution in [-0.2, 0) is 16.0 Å². The first kappa shape index (κ1) is 19.1. The number of amides is 2. The molecule has 0 aliphatic carbocycles. The molecule has 0 atom stereocenters. The predicted molar refractivity (Wildman–Crippen MR) is 110 cm³/mol. The van der Waals surface area contributed by atoms with Crippen molar-refractivity contribution in [3.05, 3.63) is 71.2 Å². The summed E-state index contributed by atoms with van der Waals surface area (Å²) in [4.78, 5) is 30.1. The number of benzene rings is 1. The highest BCUT2D eigenvalue weighted by atomic mass is 19.1. The van der Waals surface area contributed by atoms with Crippen LogP contribution in [0.2, 0.25) is 0 Å². The van der Waals surface area contributed by atoms with Crippen molar-refractivity contribution >= 4 is 29.3 Å². The zero-order chi connectivity index (χ0) is 20.2. The van der Waals surface area contributed by atoms with E-state index in [0.717, 1.165) is 16.7 Å². The maximum Gasteiger partial charge on any atom is 0.246 e. The van der Waals surface area contributed by atoms with Crippen molar-refractivity contribution in [1.29, 1.82) is 0 Å². The number of halogens is 1. The van der Waals surface area contributed by atoms with Crippen LogP contribution in [0.4, 0.5) is 10.2 Å². The summed E-state index contributed by atoms with van der Waals surface area (Å²) in [6, 6.07) is 8.70. The second-order valence-corrected chi connectivity index (χ2v) is 7.23. The lowest BCUT2D eigenvalue weighted by molar-refractivity contribution is -0.125. The summed E-state index contributed by atoms with van der Waals surface area (Å²) < 4.78 is 14.1. The molecular formula is C23H22FN3O2. The molecule has 29 heavy (non-hydrogen) atoms. The molecule has 1 aromatic carbocycles. The molecule has 0 spiro atoms. The summed E-state index contributed by atoms with van der Waals surface area (Å²) in [6.45, 7) is 1.16. The fourth-order valence-electron chi connectivity index (χ4n) is 3.69. The lowest BCUT2D eigenvalue weighted by Gasteiger charge is -2.19. The Hall–Kier alpha value is -3.28. The van der Waals surface area contributed by atoms with E-state index in [2.05, 4.69) is 10.3 Å². The zero-order valence-corrected chi connectivity index (χ0v) is 16.0. The number of pyridine rings is 1. The molecule has 1 aromatic heterocycles. The highest BCUT2D eigenvalue weighted by molar-refractivity contribution is 5.94. The number of carbonyl (C=O) groups excluding carboxylic acids is 2. The van der Waals surface area contributed by atoms with Gasteiger partial charge in [0.2, 0.25) is 11.8 Å². The first-order valence-electron chi connectivity index (χ1n) is 9.80. The Morgan fingerprint density at radius 1 is 1.17 bits per heavy atom. The van der Waals surface area contributed by atoms with Gasteiger partial charge < -0.3 is 10.2 Å². The number of aryl methyl sites for hydroxylation is 1. The Labute approximate surface area is 168 Å². The van der Waals surface area contributed by atoms with Gasteiger partial charge in [-0.2, -0.15) is 0 Å². The first-order chi connectivity index (χ1) is 14.1. The van der Waals surface area contributed by atoms with Crippen molar-refractivity contribution in [1.82, 2.24) is 9.88 Å². The van der Waals surface area contributed by atoms with Crippen LogP contribution in [0.25, 0.3) is 11.6 Å². The van der Waals surface area contributed by atoms with E-state index < -0.39 is 0 Å². The number of carbonyl (C=O) groups is 2. The van der Waals surface area contributed by atoms with Crippen LogP contribution >= 0.6 is 0 Å². The van der Waals surface area contributed by atoms with Gasteiger partial charge >= 0.3 is 0 Å². The third-order valence-corrected chi connectivity index (χ3v) is 5.26. The minimum atomic E-state index is -0.227. The Bertz CT molecular complexity index is 1010. The predicted octanol–water partition coefficient (Wildman–Crippen LogP) is 3.82. The van der Waals surface area contributed by atoms with E-state index in [0.29, 0.717) is 50.2 Å². The van der Waals surface area contributed by atoms with Crippen LogP contribution < -0.4 is 5.32 Å². The Balaban J connectivity index is 1.39. The summed E-state index contributed by atoms with van der Waals surface area (Å²) >= 11 is 0. The quantitative estimate of drug-likeness (QED) is 0.809. The number of nitrogens with one attached hydrogen (secondary N) is 1. The first-order valence-corrected chi connectivity index (χ1v) is 9.80. The largest absolute Gasteiger partial charge is 0.339 e. The van der Waals surface area contributed by atoms with E-state index in [1.54, 1.807) is 35.4 Å². The van der Waals surface area contributed by atoms with Gasteiger partial charge in [-0.15, -0.1) is 0 Å². The van der Waals surface area contributed by atoms with Gasteiger partial charge in [-0.1, -0.05) is 24.3 Å². The van der Waals surface area contributed by atoms with Crippen LogP contribution in [0, 0.1) is 5.82 Å². The maximum atomic E-state index is 14.1. The van der Waals surface area contributed by atoms with Crippen molar-refractivity contribution < 1.29 is 14.0 Å². The molecular weight excluding hydrogens is 369 g/mol. The fourth-order valence-corrected chi connectivity index (χ4v) is 3.69. The van der Waals surface area contributed by atoms with Gasteiger partial charge in [0, 0.05) is 37.3 Å². The summed E-state index contributed by atoms with van der Waals surface area (Å²) in [7, 11) is 0. The molecule has 0 saturated heterocycles. The molecule has 1 N–H and O–H groups in total. The average molecular weight is 391 g/mol. The van der Waals surface area contributed by atoms with Gasteiger partial charge in [-0.25, -0.2) is 9.37 Å². The molecule has 2 aliphatic rings. The lowest BCUT2D eigenvalue weighted by atomic mass is 10.0. The summed E-state index contributed by atoms with van der Waals surface area (Å²) in [5.74, 6) is 0.283. The molecule has 0 bridgehead atoms. The minimum Gasteiger partial charge on any atom is -0.339 e. The third kappa shape index (κ3) is 4.42. The lowest BCUT2D eigenvalue weighted by Crippen LogP contribution is -2.30. The Morgan fingerprint density at radius 3 is 2.90 bits per heavy atom. The SMILES string of the molecule is O=C1CCc2cc(/C=C/C(=O)N3CCC=C(c4ccccc4F)CC3)cnc2N1. The molecule has 2 aromatic rings. The minimum absolute atomic E-state index is 0.0204. The number of fused-ring (bicyclic) bond motifs is 1. The van der Waals surface area contributed by atoms with Crippen LogP contribution in [0.3, 0.4) is 0 Å². The molecule has 148 valence electrons. The molecule has 6 heteroatoms. The molecule has 4 rings (SSSR count). The second-order valence-electron chi connectivity index (χ2n) is 7.23. The van der Waals surface area contributed by atoms with Crippen molar-refractivity contribution in [2.45, 2.75) is 25.7 Å². The average Bonchev–Trinajstić information content (AvgIpc) is 2.98. The van der Waals surface area contributed by atoms with Crippen molar-refractivity contribution in [3.8, 4) is 0 Å². The van der Waals surface area contributed by atoms with Gasteiger partial charge in [-0.05, 0) is 54.2 Å². The van der Waals surface area contributed by atoms with Crippen LogP contribution in [0.1, 0.15) is 36.0 Å². The molecule has 3 heterocycles. The molecule has 2 aliphatic heterocycles. The normalized spacial score (nSPS) is 16.8. The van der Waals surface area contributed by atoms with Crippen molar-refractivity contribution in [2.24, 2.45) is 0 Å². The standard InChI is InChI=1S/C23H22FN3O2/c24-20-6-2-1-5-19(20)17-4-3-12-27(13-11-17)22(29)10-7-16-14-18-8-9-21(28)26-23(18)25-15-16/h1-2,4-7,10,14-15H,3,8-9,11-13H2,(H,25,26,28)/b10-7+. The summed E-state index contributed by atoms with van der Waals surface area (Å²) in [6.07, 6.45) is 9.41. The van der Waals surface area contributed by atoms with Gasteiger partial charge in [0.25, 0.3) is 0 Å². The van der Waals surface area contributed by atoms with Crippen LogP contribution in [0.5, 0.6) is 0 Å². The van der Waals surface area contributed by atoms with E-state index in [1.807, 2.05) is 18.2 Å². The number of hydrogen-bond donors (Lipinski definition) is 1. The van der Waals surface area contributed by atoms with Crippen LogP contribution in [0.15, 0.2) is 48.7 Å². The fraction of sp³-hybridized carbons (Fsp3) is 0.261. The van der Waals surface area contributed by atoms with Crippen LogP contribution in [-0.4, -0.2) is 34.8 Å². The van der Waals surface area contributed by atoms with Gasteiger partial charge in [-0.3, -0.25) is 9.59 Å². The molecule has 2 amide bonds. The molecule has 0 saturated carbocycles. The highest BCUT2D eigenvalue weighted by Crippen LogP contribution is 2.25. The van der Waals surface area contributed by atoms with Gasteiger partial charge in [0.1, 0.15) is 11.6 Å². The topological polar surface area (TPSA) is 62.3 Å². The summed E-state index contributed by atoms with van der Waals surface area (Å²) in [5.41, 5.74) is 3.37. The van der Waals surface area contributed by atoms with E-state index >= 15 is 0 Å². The van der Waals surface area contributed by atoms with E-state index in [4.69, 9.17) is 0 Å². The van der Waals surface area contributed by atoms with E-state index in [9.17, 15) is 14.0 Å². The Morgan fingerprint density at radius 2 is 2.03 bits per heavy atom. The van der Waals surface area contributed by atoms with Gasteiger partial charge in [0.05, 0.1) is 0 Å². The Kier molecular flexibility index (Phi) is 5.51. The smallest absolute Gasteiger partial charge is 0.246 e.